The number of fused-ring (bicyclic) bond motifs is 1. The largest absolute Gasteiger partial charge is 0.486 e. The standard InChI is InChI=1S/C30H38N6O5.H2S/c37-24(16-35-11-8-21-12-25(6-4-22(21)15-35)40-19-26-14-31-20-41-26)5-7-28(38)27-13-29(32-23-17-39-18-23)34-30(33-27)36-9-2-1-3-10-36;/h4,6,12-14,20,23-24,37H,1-3,5,7-11,15-19H2,(H,32,33,34);1H2/t24-;/m0./s1. The van der Waals surface area contributed by atoms with E-state index >= 15 is 0 Å². The van der Waals surface area contributed by atoms with Crippen molar-refractivity contribution < 1.29 is 23.8 Å². The monoisotopic (exact) mass is 596 g/mol. The number of Topliss-reactive ketones (excluding diaryl/α,β-unsaturated/α-hetero) is 1. The number of β-amino-alcohol motifs (C(OH)–C–C–N with tert-alkyl or cyclic N) is 1. The molecular formula is C30H40N6O5S. The summed E-state index contributed by atoms with van der Waals surface area (Å²) in [5, 5.41) is 14.2. The molecule has 42 heavy (non-hydrogen) atoms. The fourth-order valence-corrected chi connectivity index (χ4v) is 5.53. The number of oxazole rings is 1. The Balaban J connectivity index is 0.00000353. The molecule has 6 rings (SSSR count). The maximum absolute atomic E-state index is 13.2. The number of aliphatic hydroxyl groups excluding tert-OH is 1. The molecule has 5 heterocycles. The van der Waals surface area contributed by atoms with Crippen LogP contribution in [0.3, 0.4) is 0 Å². The van der Waals surface area contributed by atoms with Gasteiger partial charge in [0.1, 0.15) is 23.9 Å². The first-order valence-electron chi connectivity index (χ1n) is 14.6. The third-order valence-electron chi connectivity index (χ3n) is 7.94. The molecule has 226 valence electrons. The van der Waals surface area contributed by atoms with E-state index in [1.54, 1.807) is 12.3 Å². The summed E-state index contributed by atoms with van der Waals surface area (Å²) >= 11 is 0. The molecule has 3 aliphatic rings. The van der Waals surface area contributed by atoms with Gasteiger partial charge in [-0.2, -0.15) is 18.5 Å². The lowest BCUT2D eigenvalue weighted by molar-refractivity contribution is 0.0209. The lowest BCUT2D eigenvalue weighted by Crippen LogP contribution is -2.40. The number of ether oxygens (including phenoxy) is 2. The maximum Gasteiger partial charge on any atom is 0.227 e. The molecule has 0 aliphatic carbocycles. The summed E-state index contributed by atoms with van der Waals surface area (Å²) in [5.41, 5.74) is 2.89. The highest BCUT2D eigenvalue weighted by atomic mass is 32.1. The normalized spacial score (nSPS) is 18.0. The first-order chi connectivity index (χ1) is 20.1. The molecule has 2 aromatic heterocycles. The molecule has 0 amide bonds. The third-order valence-corrected chi connectivity index (χ3v) is 7.94. The van der Waals surface area contributed by atoms with Gasteiger partial charge in [-0.3, -0.25) is 9.69 Å². The maximum atomic E-state index is 13.2. The molecule has 2 saturated heterocycles. The molecule has 0 bridgehead atoms. The molecule has 3 aromatic rings. The molecule has 12 heteroatoms. The summed E-state index contributed by atoms with van der Waals surface area (Å²) < 4.78 is 16.3. The van der Waals surface area contributed by atoms with Gasteiger partial charge in [0.25, 0.3) is 0 Å². The number of carbonyl (C=O) groups excluding carboxylic acids is 1. The summed E-state index contributed by atoms with van der Waals surface area (Å²) in [6.45, 7) is 5.54. The molecule has 1 atom stereocenters. The highest BCUT2D eigenvalue weighted by molar-refractivity contribution is 7.59. The number of ketones is 1. The molecule has 0 spiro atoms. The predicted octanol–water partition coefficient (Wildman–Crippen LogP) is 3.34. The van der Waals surface area contributed by atoms with E-state index in [0.29, 0.717) is 56.0 Å². The van der Waals surface area contributed by atoms with E-state index < -0.39 is 6.10 Å². The van der Waals surface area contributed by atoms with Gasteiger partial charge >= 0.3 is 0 Å². The van der Waals surface area contributed by atoms with Crippen molar-refractivity contribution in [2.24, 2.45) is 0 Å². The number of benzene rings is 1. The van der Waals surface area contributed by atoms with Crippen LogP contribution in [0.15, 0.2) is 41.3 Å². The highest BCUT2D eigenvalue weighted by Gasteiger charge is 2.24. The smallest absolute Gasteiger partial charge is 0.227 e. The van der Waals surface area contributed by atoms with E-state index in [1.807, 2.05) is 6.07 Å². The van der Waals surface area contributed by atoms with E-state index in [9.17, 15) is 9.90 Å². The number of hydrogen-bond acceptors (Lipinski definition) is 11. The molecule has 2 N–H and O–H groups in total. The van der Waals surface area contributed by atoms with Gasteiger partial charge in [0.15, 0.2) is 17.9 Å². The Bertz CT molecular complexity index is 1320. The van der Waals surface area contributed by atoms with E-state index in [4.69, 9.17) is 18.9 Å². The number of hydrogen-bond donors (Lipinski definition) is 2. The molecular weight excluding hydrogens is 556 g/mol. The number of carbonyl (C=O) groups is 1. The van der Waals surface area contributed by atoms with E-state index in [-0.39, 0.29) is 31.7 Å². The average Bonchev–Trinajstić information content (AvgIpc) is 3.51. The van der Waals surface area contributed by atoms with Crippen molar-refractivity contribution in [3.05, 3.63) is 59.4 Å². The Morgan fingerprint density at radius 3 is 2.74 bits per heavy atom. The number of nitrogens with one attached hydrogen (secondary N) is 1. The first kappa shape index (κ1) is 30.3. The van der Waals surface area contributed by atoms with Crippen LogP contribution in [0, 0.1) is 0 Å². The van der Waals surface area contributed by atoms with Crippen LogP contribution < -0.4 is 15.0 Å². The topological polar surface area (TPSA) is 126 Å². The summed E-state index contributed by atoms with van der Waals surface area (Å²) in [7, 11) is 0. The van der Waals surface area contributed by atoms with Crippen molar-refractivity contribution in [3.63, 3.8) is 0 Å². The number of rotatable bonds is 12. The van der Waals surface area contributed by atoms with Crippen LogP contribution in [0.25, 0.3) is 0 Å². The molecule has 0 unspecified atom stereocenters. The number of piperidine rings is 1. The SMILES string of the molecule is O=C(CC[C@H](O)CN1CCc2cc(OCc3cnco3)ccc2C1)c1cc(NC2COC2)nc(N2CCCCC2)n1.S. The Morgan fingerprint density at radius 2 is 1.98 bits per heavy atom. The summed E-state index contributed by atoms with van der Waals surface area (Å²) in [6.07, 6.45) is 7.36. The molecule has 3 aliphatic heterocycles. The number of anilines is 2. The van der Waals surface area contributed by atoms with Gasteiger partial charge in [0.05, 0.1) is 31.6 Å². The van der Waals surface area contributed by atoms with Crippen LogP contribution in [0.4, 0.5) is 11.8 Å². The van der Waals surface area contributed by atoms with Gasteiger partial charge < -0.3 is 29.2 Å². The molecule has 2 fully saturated rings. The zero-order valence-corrected chi connectivity index (χ0v) is 24.8. The quantitative estimate of drug-likeness (QED) is 0.299. The zero-order chi connectivity index (χ0) is 28.0. The second-order valence-electron chi connectivity index (χ2n) is 11.2. The minimum Gasteiger partial charge on any atom is -0.486 e. The second-order valence-corrected chi connectivity index (χ2v) is 11.2. The summed E-state index contributed by atoms with van der Waals surface area (Å²) in [4.78, 5) is 30.9. The van der Waals surface area contributed by atoms with E-state index in [1.165, 1.54) is 23.9 Å². The van der Waals surface area contributed by atoms with Crippen molar-refractivity contribution in [1.29, 1.82) is 0 Å². The fraction of sp³-hybridized carbons (Fsp3) is 0.533. The molecule has 11 nitrogen and oxygen atoms in total. The summed E-state index contributed by atoms with van der Waals surface area (Å²) in [5.74, 6) is 2.69. The molecule has 0 radical (unpaired) electrons. The number of aromatic nitrogens is 3. The fourth-order valence-electron chi connectivity index (χ4n) is 5.53. The van der Waals surface area contributed by atoms with Gasteiger partial charge in [0, 0.05) is 45.2 Å². The second kappa shape index (κ2) is 14.3. The van der Waals surface area contributed by atoms with Crippen molar-refractivity contribution in [1.82, 2.24) is 19.9 Å². The lowest BCUT2D eigenvalue weighted by atomic mass is 9.98. The van der Waals surface area contributed by atoms with Gasteiger partial charge in [-0.15, -0.1) is 0 Å². The molecule has 0 saturated carbocycles. The highest BCUT2D eigenvalue weighted by Crippen LogP contribution is 2.25. The number of nitrogens with zero attached hydrogens (tertiary/aromatic N) is 5. The Hall–Kier alpha value is -3.19. The van der Waals surface area contributed by atoms with Gasteiger partial charge in [-0.1, -0.05) is 6.07 Å². The van der Waals surface area contributed by atoms with Crippen LogP contribution in [-0.4, -0.2) is 82.3 Å². The molecule has 1 aromatic carbocycles. The Morgan fingerprint density at radius 1 is 1.12 bits per heavy atom. The lowest BCUT2D eigenvalue weighted by Gasteiger charge is -2.30. The summed E-state index contributed by atoms with van der Waals surface area (Å²) in [6, 6.07) is 8.08. The van der Waals surface area contributed by atoms with Crippen LogP contribution in [-0.2, 0) is 24.3 Å². The van der Waals surface area contributed by atoms with Crippen molar-refractivity contribution >= 4 is 31.0 Å². The minimum atomic E-state index is -0.599. The zero-order valence-electron chi connectivity index (χ0n) is 23.8. The van der Waals surface area contributed by atoms with Crippen molar-refractivity contribution in [2.75, 3.05) is 49.6 Å². The van der Waals surface area contributed by atoms with Gasteiger partial charge in [-0.25, -0.2) is 9.97 Å². The van der Waals surface area contributed by atoms with Crippen LogP contribution in [0.5, 0.6) is 5.75 Å². The first-order valence-corrected chi connectivity index (χ1v) is 14.6. The van der Waals surface area contributed by atoms with Crippen LogP contribution >= 0.6 is 13.5 Å². The Labute approximate surface area is 253 Å². The predicted molar refractivity (Wildman–Crippen MR) is 163 cm³/mol. The minimum absolute atomic E-state index is 0. The van der Waals surface area contributed by atoms with Crippen molar-refractivity contribution in [3.8, 4) is 5.75 Å². The van der Waals surface area contributed by atoms with Gasteiger partial charge in [-0.05, 0) is 55.4 Å². The number of aliphatic hydroxyl groups is 1. The van der Waals surface area contributed by atoms with Crippen LogP contribution in [0.1, 0.15) is 59.5 Å². The average molecular weight is 597 g/mol. The van der Waals surface area contributed by atoms with Crippen molar-refractivity contribution in [2.45, 2.75) is 63.8 Å². The van der Waals surface area contributed by atoms with E-state index in [0.717, 1.165) is 51.2 Å². The van der Waals surface area contributed by atoms with Crippen LogP contribution in [0.2, 0.25) is 0 Å². The van der Waals surface area contributed by atoms with Gasteiger partial charge in [0.2, 0.25) is 5.95 Å². The van der Waals surface area contributed by atoms with E-state index in [2.05, 4.69) is 37.2 Å². The third kappa shape index (κ3) is 7.80. The Kier molecular flexibility index (Phi) is 10.3.